The van der Waals surface area contributed by atoms with Crippen LogP contribution in [0.2, 0.25) is 10.0 Å². The molecule has 0 spiro atoms. The van der Waals surface area contributed by atoms with Gasteiger partial charge in [0.25, 0.3) is 10.0 Å². The summed E-state index contributed by atoms with van der Waals surface area (Å²) < 4.78 is 34.9. The summed E-state index contributed by atoms with van der Waals surface area (Å²) >= 11 is 12.5. The topological polar surface area (TPSA) is 96.0 Å². The van der Waals surface area contributed by atoms with E-state index in [2.05, 4.69) is 5.32 Å². The van der Waals surface area contributed by atoms with Gasteiger partial charge < -0.3 is 15.0 Å². The van der Waals surface area contributed by atoms with E-state index in [1.54, 1.807) is 60.7 Å². The highest BCUT2D eigenvalue weighted by Gasteiger charge is 2.35. The van der Waals surface area contributed by atoms with E-state index in [-0.39, 0.29) is 35.5 Å². The van der Waals surface area contributed by atoms with Gasteiger partial charge in [-0.05, 0) is 79.9 Å². The van der Waals surface area contributed by atoms with Crippen molar-refractivity contribution in [2.24, 2.45) is 0 Å². The standard InChI is InChI=1S/C36H39Cl2N3O5S/c1-4-26(3)39-36(43)34(23-27-12-8-6-9-13-27)40(24-28-16-21-32(37)33(38)22-28)35(42)25-41(29-17-19-30(20-18-29)46-5-2)47(44,45)31-14-10-7-11-15-31/h6-22,26,34H,4-5,23-25H2,1-3H3,(H,39,43). The van der Waals surface area contributed by atoms with Crippen LogP contribution in [0.4, 0.5) is 5.69 Å². The zero-order chi connectivity index (χ0) is 34.0. The summed E-state index contributed by atoms with van der Waals surface area (Å²) in [7, 11) is -4.21. The first-order valence-electron chi connectivity index (χ1n) is 15.4. The molecule has 4 rings (SSSR count). The van der Waals surface area contributed by atoms with Gasteiger partial charge in [-0.1, -0.05) is 84.7 Å². The minimum absolute atomic E-state index is 0.0214. The normalized spacial score (nSPS) is 12.5. The van der Waals surface area contributed by atoms with Crippen LogP contribution in [0.25, 0.3) is 0 Å². The highest BCUT2D eigenvalue weighted by Crippen LogP contribution is 2.28. The summed E-state index contributed by atoms with van der Waals surface area (Å²) in [5.41, 5.74) is 1.73. The quantitative estimate of drug-likeness (QED) is 0.143. The molecule has 0 aliphatic carbocycles. The monoisotopic (exact) mass is 695 g/mol. The SMILES string of the molecule is CCOc1ccc(N(CC(=O)N(Cc2ccc(Cl)c(Cl)c2)C(Cc2ccccc2)C(=O)NC(C)CC)S(=O)(=O)c2ccccc2)cc1. The lowest BCUT2D eigenvalue weighted by atomic mass is 10.0. The van der Waals surface area contributed by atoms with Crippen LogP contribution < -0.4 is 14.4 Å². The van der Waals surface area contributed by atoms with Crippen molar-refractivity contribution in [3.8, 4) is 5.75 Å². The summed E-state index contributed by atoms with van der Waals surface area (Å²) in [4.78, 5) is 30.0. The first-order chi connectivity index (χ1) is 22.5. The highest BCUT2D eigenvalue weighted by atomic mass is 35.5. The third kappa shape index (κ3) is 9.50. The molecule has 4 aromatic rings. The Kier molecular flexibility index (Phi) is 12.7. The number of hydrogen-bond donors (Lipinski definition) is 1. The average molecular weight is 697 g/mol. The third-order valence-corrected chi connectivity index (χ3v) is 10.2. The van der Waals surface area contributed by atoms with Crippen molar-refractivity contribution < 1.29 is 22.7 Å². The fraction of sp³-hybridized carbons (Fsp3) is 0.278. The van der Waals surface area contributed by atoms with Gasteiger partial charge in [-0.3, -0.25) is 13.9 Å². The van der Waals surface area contributed by atoms with E-state index in [0.717, 1.165) is 9.87 Å². The lowest BCUT2D eigenvalue weighted by molar-refractivity contribution is -0.140. The van der Waals surface area contributed by atoms with Gasteiger partial charge in [0, 0.05) is 19.0 Å². The Morgan fingerprint density at radius 2 is 1.47 bits per heavy atom. The van der Waals surface area contributed by atoms with Crippen LogP contribution in [-0.4, -0.2) is 50.4 Å². The van der Waals surface area contributed by atoms with Gasteiger partial charge in [0.1, 0.15) is 18.3 Å². The number of nitrogens with zero attached hydrogens (tertiary/aromatic N) is 2. The minimum atomic E-state index is -4.21. The summed E-state index contributed by atoms with van der Waals surface area (Å²) in [5.74, 6) is -0.370. The van der Waals surface area contributed by atoms with Crippen LogP contribution in [-0.2, 0) is 32.6 Å². The molecule has 0 heterocycles. The van der Waals surface area contributed by atoms with Crippen LogP contribution >= 0.6 is 23.2 Å². The summed E-state index contributed by atoms with van der Waals surface area (Å²) in [6.07, 6.45) is 0.885. The summed E-state index contributed by atoms with van der Waals surface area (Å²) in [5, 5.41) is 3.67. The maximum atomic E-state index is 14.6. The number of benzene rings is 4. The van der Waals surface area contributed by atoms with Crippen molar-refractivity contribution >= 4 is 50.7 Å². The second-order valence-corrected chi connectivity index (χ2v) is 13.7. The minimum Gasteiger partial charge on any atom is -0.494 e. The van der Waals surface area contributed by atoms with E-state index < -0.39 is 28.5 Å². The van der Waals surface area contributed by atoms with Crippen molar-refractivity contribution in [2.75, 3.05) is 17.5 Å². The lowest BCUT2D eigenvalue weighted by Gasteiger charge is -2.34. The van der Waals surface area contributed by atoms with Gasteiger partial charge >= 0.3 is 0 Å². The first-order valence-corrected chi connectivity index (χ1v) is 17.6. The molecule has 2 atom stereocenters. The van der Waals surface area contributed by atoms with Gasteiger partial charge in [0.05, 0.1) is 27.2 Å². The van der Waals surface area contributed by atoms with E-state index in [9.17, 15) is 18.0 Å². The van der Waals surface area contributed by atoms with Crippen molar-refractivity contribution in [1.82, 2.24) is 10.2 Å². The molecule has 0 fully saturated rings. The van der Waals surface area contributed by atoms with E-state index in [0.29, 0.717) is 34.4 Å². The largest absolute Gasteiger partial charge is 0.494 e. The third-order valence-electron chi connectivity index (χ3n) is 7.65. The van der Waals surface area contributed by atoms with Crippen molar-refractivity contribution in [3.63, 3.8) is 0 Å². The maximum Gasteiger partial charge on any atom is 0.264 e. The Labute approximate surface area is 287 Å². The molecular formula is C36H39Cl2N3O5S. The zero-order valence-corrected chi connectivity index (χ0v) is 28.9. The van der Waals surface area contributed by atoms with Crippen LogP contribution in [0, 0.1) is 0 Å². The molecule has 0 radical (unpaired) electrons. The smallest absolute Gasteiger partial charge is 0.264 e. The molecule has 0 aliphatic rings. The number of rotatable bonds is 15. The predicted octanol–water partition coefficient (Wildman–Crippen LogP) is 7.14. The molecule has 248 valence electrons. The molecular weight excluding hydrogens is 657 g/mol. The molecule has 2 amide bonds. The number of anilines is 1. The van der Waals surface area contributed by atoms with Crippen LogP contribution in [0.15, 0.2) is 108 Å². The van der Waals surface area contributed by atoms with E-state index in [1.165, 1.54) is 17.0 Å². The predicted molar refractivity (Wildman–Crippen MR) is 187 cm³/mol. The van der Waals surface area contributed by atoms with Crippen molar-refractivity contribution in [3.05, 3.63) is 124 Å². The molecule has 47 heavy (non-hydrogen) atoms. The summed E-state index contributed by atoms with van der Waals surface area (Å²) in [6, 6.07) is 27.7. The molecule has 0 saturated heterocycles. The van der Waals surface area contributed by atoms with Crippen LogP contribution in [0.5, 0.6) is 5.75 Å². The second kappa shape index (κ2) is 16.7. The maximum absolute atomic E-state index is 14.6. The Morgan fingerprint density at radius 1 is 0.830 bits per heavy atom. The number of carbonyl (C=O) groups excluding carboxylic acids is 2. The first kappa shape index (κ1) is 35.8. The Balaban J connectivity index is 1.81. The van der Waals surface area contributed by atoms with E-state index in [1.807, 2.05) is 51.1 Å². The summed E-state index contributed by atoms with van der Waals surface area (Å²) in [6.45, 7) is 5.54. The number of carbonyl (C=O) groups is 2. The molecule has 8 nitrogen and oxygen atoms in total. The molecule has 0 bridgehead atoms. The average Bonchev–Trinajstić information content (AvgIpc) is 3.08. The number of sulfonamides is 1. The van der Waals surface area contributed by atoms with E-state index >= 15 is 0 Å². The number of hydrogen-bond acceptors (Lipinski definition) is 5. The number of ether oxygens (including phenoxy) is 1. The number of halogens is 2. The molecule has 11 heteroatoms. The molecule has 2 unspecified atom stereocenters. The van der Waals surface area contributed by atoms with Crippen molar-refractivity contribution in [1.29, 1.82) is 0 Å². The molecule has 0 aliphatic heterocycles. The molecule has 0 aromatic heterocycles. The highest BCUT2D eigenvalue weighted by molar-refractivity contribution is 7.92. The van der Waals surface area contributed by atoms with Crippen LogP contribution in [0.3, 0.4) is 0 Å². The fourth-order valence-corrected chi connectivity index (χ4v) is 6.71. The molecule has 0 saturated carbocycles. The number of amides is 2. The molecule has 1 N–H and O–H groups in total. The van der Waals surface area contributed by atoms with Crippen LogP contribution in [0.1, 0.15) is 38.3 Å². The molecule has 4 aromatic carbocycles. The van der Waals surface area contributed by atoms with E-state index in [4.69, 9.17) is 27.9 Å². The van der Waals surface area contributed by atoms with Crippen molar-refractivity contribution in [2.45, 2.75) is 57.1 Å². The van der Waals surface area contributed by atoms with Gasteiger partial charge in [-0.2, -0.15) is 0 Å². The van der Waals surface area contributed by atoms with Gasteiger partial charge in [0.15, 0.2) is 0 Å². The Bertz CT molecular complexity index is 1740. The van der Waals surface area contributed by atoms with Gasteiger partial charge in [0.2, 0.25) is 11.8 Å². The van der Waals surface area contributed by atoms with Gasteiger partial charge in [-0.15, -0.1) is 0 Å². The zero-order valence-electron chi connectivity index (χ0n) is 26.6. The Hall–Kier alpha value is -4.05. The fourth-order valence-electron chi connectivity index (χ4n) is 4.95. The van der Waals surface area contributed by atoms with Gasteiger partial charge in [-0.25, -0.2) is 8.42 Å². The lowest BCUT2D eigenvalue weighted by Crippen LogP contribution is -2.54. The Morgan fingerprint density at radius 3 is 2.06 bits per heavy atom. The number of nitrogens with one attached hydrogen (secondary N) is 1. The second-order valence-electron chi connectivity index (χ2n) is 11.0.